The summed E-state index contributed by atoms with van der Waals surface area (Å²) in [6.07, 6.45) is 4.30. The Morgan fingerprint density at radius 1 is 0.971 bits per heavy atom. The van der Waals surface area contributed by atoms with E-state index in [0.29, 0.717) is 30.4 Å². The topological polar surface area (TPSA) is 71.0 Å². The molecule has 7 heteroatoms. The van der Waals surface area contributed by atoms with Gasteiger partial charge in [-0.15, -0.1) is 0 Å². The highest BCUT2D eigenvalue weighted by Gasteiger charge is 2.32. The maximum absolute atomic E-state index is 13.8. The van der Waals surface area contributed by atoms with Gasteiger partial charge in [0.2, 0.25) is 5.91 Å². The molecule has 176 valence electrons. The molecule has 1 aliphatic rings. The zero-order chi connectivity index (χ0) is 24.2. The third-order valence-electron chi connectivity index (χ3n) is 6.33. The van der Waals surface area contributed by atoms with Crippen molar-refractivity contribution in [3.63, 3.8) is 0 Å². The van der Waals surface area contributed by atoms with Crippen LogP contribution < -0.4 is 5.32 Å². The van der Waals surface area contributed by atoms with E-state index in [1.807, 2.05) is 41.3 Å². The molecule has 0 radical (unpaired) electrons. The quantitative estimate of drug-likeness (QED) is 0.417. The zero-order valence-electron chi connectivity index (χ0n) is 19.4. The molecule has 0 saturated carbocycles. The maximum atomic E-state index is 13.8. The lowest BCUT2D eigenvalue weighted by Gasteiger charge is -2.37. The first-order chi connectivity index (χ1) is 17.0. The summed E-state index contributed by atoms with van der Waals surface area (Å²) < 4.78 is 13.8. The summed E-state index contributed by atoms with van der Waals surface area (Å²) in [6.45, 7) is 2.83. The van der Waals surface area contributed by atoms with Crippen molar-refractivity contribution in [2.45, 2.75) is 25.2 Å². The fourth-order valence-electron chi connectivity index (χ4n) is 4.60. The van der Waals surface area contributed by atoms with Crippen molar-refractivity contribution in [2.75, 3.05) is 18.4 Å². The van der Waals surface area contributed by atoms with Crippen molar-refractivity contribution < 1.29 is 9.18 Å². The largest absolute Gasteiger partial charge is 0.342 e. The number of piperidine rings is 1. The van der Waals surface area contributed by atoms with Gasteiger partial charge in [-0.05, 0) is 42.3 Å². The number of aromatic nitrogens is 3. The summed E-state index contributed by atoms with van der Waals surface area (Å²) in [5.74, 6) is 1.06. The van der Waals surface area contributed by atoms with E-state index in [1.165, 1.54) is 17.7 Å². The molecule has 35 heavy (non-hydrogen) atoms. The summed E-state index contributed by atoms with van der Waals surface area (Å²) in [5, 5.41) is 3.22. The summed E-state index contributed by atoms with van der Waals surface area (Å²) in [6, 6.07) is 22.2. The van der Waals surface area contributed by atoms with Crippen LogP contribution in [0.3, 0.4) is 0 Å². The third-order valence-corrected chi connectivity index (χ3v) is 6.33. The molecular weight excluding hydrogens is 441 g/mol. The average Bonchev–Trinajstić information content (AvgIpc) is 2.89. The number of hydrogen-bond donors (Lipinski definition) is 1. The van der Waals surface area contributed by atoms with Crippen LogP contribution in [-0.4, -0.2) is 38.8 Å². The molecule has 2 aromatic carbocycles. The van der Waals surface area contributed by atoms with Crippen LogP contribution in [0.4, 0.5) is 15.9 Å². The number of amides is 1. The molecule has 2 unspecified atom stereocenters. The van der Waals surface area contributed by atoms with Crippen LogP contribution in [0.5, 0.6) is 0 Å². The van der Waals surface area contributed by atoms with E-state index in [-0.39, 0.29) is 23.6 Å². The zero-order valence-corrected chi connectivity index (χ0v) is 19.4. The first-order valence-electron chi connectivity index (χ1n) is 11.7. The van der Waals surface area contributed by atoms with Gasteiger partial charge in [0.1, 0.15) is 17.5 Å². The Kier molecular flexibility index (Phi) is 6.48. The molecule has 4 aromatic rings. The Bertz CT molecular complexity index is 1320. The van der Waals surface area contributed by atoms with E-state index >= 15 is 0 Å². The van der Waals surface area contributed by atoms with Crippen LogP contribution in [0.15, 0.2) is 85.2 Å². The number of rotatable bonds is 5. The minimum atomic E-state index is -0.327. The van der Waals surface area contributed by atoms with Crippen molar-refractivity contribution in [3.8, 4) is 11.3 Å². The van der Waals surface area contributed by atoms with E-state index in [1.54, 1.807) is 31.5 Å². The highest BCUT2D eigenvalue weighted by Crippen LogP contribution is 2.36. The highest BCUT2D eigenvalue weighted by atomic mass is 19.1. The molecule has 0 aliphatic carbocycles. The number of hydrogen-bond acceptors (Lipinski definition) is 5. The van der Waals surface area contributed by atoms with Gasteiger partial charge in [-0.2, -0.15) is 0 Å². The van der Waals surface area contributed by atoms with Crippen LogP contribution in [-0.2, 0) is 4.79 Å². The lowest BCUT2D eigenvalue weighted by molar-refractivity contribution is -0.130. The third kappa shape index (κ3) is 5.35. The van der Waals surface area contributed by atoms with Crippen LogP contribution in [0.1, 0.15) is 36.6 Å². The fourth-order valence-corrected chi connectivity index (χ4v) is 4.60. The Hall–Kier alpha value is -4.13. The molecule has 1 N–H and O–H groups in total. The fraction of sp³-hybridized carbons (Fsp3) is 0.214. The summed E-state index contributed by atoms with van der Waals surface area (Å²) >= 11 is 0. The van der Waals surface area contributed by atoms with E-state index in [0.717, 1.165) is 17.7 Å². The summed E-state index contributed by atoms with van der Waals surface area (Å²) in [4.78, 5) is 28.3. The number of pyridine rings is 1. The number of nitrogens with one attached hydrogen (secondary N) is 1. The molecule has 0 bridgehead atoms. The average molecular weight is 468 g/mol. The minimum Gasteiger partial charge on any atom is -0.342 e. The van der Waals surface area contributed by atoms with E-state index in [2.05, 4.69) is 22.4 Å². The Balaban J connectivity index is 1.54. The van der Waals surface area contributed by atoms with Crippen molar-refractivity contribution >= 4 is 17.4 Å². The van der Waals surface area contributed by atoms with E-state index in [4.69, 9.17) is 9.97 Å². The number of nitrogens with zero attached hydrogens (tertiary/aromatic N) is 4. The van der Waals surface area contributed by atoms with Crippen molar-refractivity contribution in [3.05, 3.63) is 102 Å². The SMILES string of the molecule is CC(=O)N1CC(c2ccccc2)CC(c2nc(Nc3cccc(F)c3)cc(-c3cccnc3)n2)C1. The molecule has 2 aromatic heterocycles. The van der Waals surface area contributed by atoms with Crippen LogP contribution >= 0.6 is 0 Å². The lowest BCUT2D eigenvalue weighted by Crippen LogP contribution is -2.41. The van der Waals surface area contributed by atoms with Gasteiger partial charge in [-0.3, -0.25) is 9.78 Å². The maximum Gasteiger partial charge on any atom is 0.219 e. The number of carbonyl (C=O) groups excluding carboxylic acids is 1. The number of anilines is 2. The van der Waals surface area contributed by atoms with Crippen LogP contribution in [0.2, 0.25) is 0 Å². The van der Waals surface area contributed by atoms with Gasteiger partial charge in [0.15, 0.2) is 0 Å². The van der Waals surface area contributed by atoms with Crippen LogP contribution in [0.25, 0.3) is 11.3 Å². The Morgan fingerprint density at radius 3 is 2.54 bits per heavy atom. The highest BCUT2D eigenvalue weighted by molar-refractivity contribution is 5.73. The van der Waals surface area contributed by atoms with E-state index < -0.39 is 0 Å². The molecule has 1 amide bonds. The number of likely N-dealkylation sites (tertiary alicyclic amines) is 1. The predicted molar refractivity (Wildman–Crippen MR) is 134 cm³/mol. The normalized spacial score (nSPS) is 17.7. The predicted octanol–water partition coefficient (Wildman–Crippen LogP) is 5.54. The van der Waals surface area contributed by atoms with Gasteiger partial charge in [-0.25, -0.2) is 14.4 Å². The first kappa shape index (κ1) is 22.7. The first-order valence-corrected chi connectivity index (χ1v) is 11.7. The standard InChI is InChI=1S/C28H26FN5O/c1-19(35)34-17-22(20-7-3-2-4-8-20)13-23(18-34)28-32-26(21-9-6-12-30-16-21)15-27(33-28)31-25-11-5-10-24(29)14-25/h2-12,14-16,22-23H,13,17-18H2,1H3,(H,31,32,33). The molecule has 1 saturated heterocycles. The van der Waals surface area contributed by atoms with Gasteiger partial charge in [-0.1, -0.05) is 36.4 Å². The van der Waals surface area contributed by atoms with Gasteiger partial charge in [0.05, 0.1) is 5.69 Å². The second kappa shape index (κ2) is 10.0. The monoisotopic (exact) mass is 467 g/mol. The van der Waals surface area contributed by atoms with Gasteiger partial charge in [0, 0.05) is 61.6 Å². The molecular formula is C28H26FN5O. The smallest absolute Gasteiger partial charge is 0.219 e. The molecule has 6 nitrogen and oxygen atoms in total. The molecule has 5 rings (SSSR count). The molecule has 2 atom stereocenters. The number of halogens is 1. The Morgan fingerprint density at radius 2 is 1.80 bits per heavy atom. The van der Waals surface area contributed by atoms with Crippen molar-refractivity contribution in [2.24, 2.45) is 0 Å². The van der Waals surface area contributed by atoms with Gasteiger partial charge in [0.25, 0.3) is 0 Å². The van der Waals surface area contributed by atoms with Crippen molar-refractivity contribution in [1.82, 2.24) is 19.9 Å². The lowest BCUT2D eigenvalue weighted by atomic mass is 9.84. The molecule has 1 fully saturated rings. The minimum absolute atomic E-state index is 0.0390. The molecule has 0 spiro atoms. The van der Waals surface area contributed by atoms with E-state index in [9.17, 15) is 9.18 Å². The summed E-state index contributed by atoms with van der Waals surface area (Å²) in [5.41, 5.74) is 3.38. The summed E-state index contributed by atoms with van der Waals surface area (Å²) in [7, 11) is 0. The van der Waals surface area contributed by atoms with Crippen LogP contribution in [0, 0.1) is 5.82 Å². The number of carbonyl (C=O) groups is 1. The second-order valence-corrected chi connectivity index (χ2v) is 8.84. The molecule has 3 heterocycles. The second-order valence-electron chi connectivity index (χ2n) is 8.84. The van der Waals surface area contributed by atoms with Gasteiger partial charge >= 0.3 is 0 Å². The Labute approximate surface area is 203 Å². The van der Waals surface area contributed by atoms with Gasteiger partial charge < -0.3 is 10.2 Å². The number of benzene rings is 2. The van der Waals surface area contributed by atoms with Crippen molar-refractivity contribution in [1.29, 1.82) is 0 Å². The molecule has 1 aliphatic heterocycles.